The first-order valence-corrected chi connectivity index (χ1v) is 7.91. The predicted molar refractivity (Wildman–Crippen MR) is 91.6 cm³/mol. The lowest BCUT2D eigenvalue weighted by Gasteiger charge is -2.10. The summed E-state index contributed by atoms with van der Waals surface area (Å²) in [6.45, 7) is 0.404. The molecular formula is C18H21N3O3. The van der Waals surface area contributed by atoms with Gasteiger partial charge < -0.3 is 20.1 Å². The molecule has 1 amide bonds. The topological polar surface area (TPSA) is 72.5 Å². The van der Waals surface area contributed by atoms with Crippen LogP contribution in [0.4, 0.5) is 5.82 Å². The summed E-state index contributed by atoms with van der Waals surface area (Å²) in [6.07, 6.45) is 3.97. The third-order valence-corrected chi connectivity index (χ3v) is 3.86. The van der Waals surface area contributed by atoms with Crippen LogP contribution < -0.4 is 20.1 Å². The molecular weight excluding hydrogens is 306 g/mol. The quantitative estimate of drug-likeness (QED) is 0.818. The van der Waals surface area contributed by atoms with Crippen LogP contribution >= 0.6 is 0 Å². The number of anilines is 1. The fraction of sp³-hybridized carbons (Fsp3) is 0.333. The second kappa shape index (κ2) is 7.21. The Hall–Kier alpha value is -2.76. The van der Waals surface area contributed by atoms with E-state index >= 15 is 0 Å². The lowest BCUT2D eigenvalue weighted by Crippen LogP contribution is -2.23. The van der Waals surface area contributed by atoms with Gasteiger partial charge in [0.1, 0.15) is 5.82 Å². The molecule has 3 rings (SSSR count). The summed E-state index contributed by atoms with van der Waals surface area (Å²) in [5.74, 6) is 1.96. The zero-order valence-corrected chi connectivity index (χ0v) is 13.8. The molecule has 1 aromatic carbocycles. The van der Waals surface area contributed by atoms with E-state index in [0.717, 1.165) is 11.4 Å². The number of hydrogen-bond donors (Lipinski definition) is 2. The van der Waals surface area contributed by atoms with Crippen LogP contribution in [0.5, 0.6) is 11.5 Å². The third-order valence-electron chi connectivity index (χ3n) is 3.86. The summed E-state index contributed by atoms with van der Waals surface area (Å²) < 4.78 is 10.5. The number of methoxy groups -OCH3 is 2. The maximum atomic E-state index is 12.2. The molecule has 2 N–H and O–H groups in total. The molecule has 0 atom stereocenters. The Labute approximate surface area is 141 Å². The van der Waals surface area contributed by atoms with Gasteiger partial charge in [0, 0.05) is 18.8 Å². The van der Waals surface area contributed by atoms with Crippen LogP contribution in [0.3, 0.4) is 0 Å². The molecule has 1 saturated carbocycles. The Morgan fingerprint density at radius 2 is 1.96 bits per heavy atom. The van der Waals surface area contributed by atoms with Crippen molar-refractivity contribution in [2.24, 2.45) is 0 Å². The van der Waals surface area contributed by atoms with Gasteiger partial charge in [-0.25, -0.2) is 4.98 Å². The minimum Gasteiger partial charge on any atom is -0.493 e. The molecule has 0 spiro atoms. The van der Waals surface area contributed by atoms with Crippen LogP contribution in [0.25, 0.3) is 0 Å². The van der Waals surface area contributed by atoms with Gasteiger partial charge in [-0.1, -0.05) is 6.07 Å². The standard InChI is InChI=1S/C18H21N3O3/c1-23-15-7-3-12(9-16(15)24-2)10-20-18(22)13-4-8-17(19-11-13)21-14-5-6-14/h3-4,7-9,11,14H,5-6,10H2,1-2H3,(H,19,21)(H,20,22). The van der Waals surface area contributed by atoms with Crippen LogP contribution in [-0.4, -0.2) is 31.2 Å². The van der Waals surface area contributed by atoms with E-state index in [2.05, 4.69) is 15.6 Å². The summed E-state index contributed by atoms with van der Waals surface area (Å²) >= 11 is 0. The number of aromatic nitrogens is 1. The zero-order valence-electron chi connectivity index (χ0n) is 13.8. The molecule has 0 bridgehead atoms. The van der Waals surface area contributed by atoms with Crippen molar-refractivity contribution in [3.8, 4) is 11.5 Å². The summed E-state index contributed by atoms with van der Waals surface area (Å²) in [7, 11) is 3.18. The number of pyridine rings is 1. The average Bonchev–Trinajstić information content (AvgIpc) is 3.44. The van der Waals surface area contributed by atoms with E-state index in [4.69, 9.17) is 9.47 Å². The molecule has 1 fully saturated rings. The first-order chi connectivity index (χ1) is 11.7. The van der Waals surface area contributed by atoms with Crippen molar-refractivity contribution in [3.05, 3.63) is 47.7 Å². The lowest BCUT2D eigenvalue weighted by molar-refractivity contribution is 0.0950. The average molecular weight is 327 g/mol. The van der Waals surface area contributed by atoms with E-state index in [1.165, 1.54) is 12.8 Å². The van der Waals surface area contributed by atoms with Gasteiger partial charge >= 0.3 is 0 Å². The Kier molecular flexibility index (Phi) is 4.84. The molecule has 0 saturated heterocycles. The van der Waals surface area contributed by atoms with Gasteiger partial charge in [-0.15, -0.1) is 0 Å². The summed E-state index contributed by atoms with van der Waals surface area (Å²) in [4.78, 5) is 16.5. The molecule has 0 unspecified atom stereocenters. The number of ether oxygens (including phenoxy) is 2. The zero-order chi connectivity index (χ0) is 16.9. The molecule has 6 heteroatoms. The highest BCUT2D eigenvalue weighted by Crippen LogP contribution is 2.27. The first-order valence-electron chi connectivity index (χ1n) is 7.91. The van der Waals surface area contributed by atoms with E-state index in [9.17, 15) is 4.79 Å². The van der Waals surface area contributed by atoms with Gasteiger partial charge in [0.25, 0.3) is 5.91 Å². The van der Waals surface area contributed by atoms with Crippen LogP contribution in [-0.2, 0) is 6.54 Å². The molecule has 1 aliphatic rings. The molecule has 1 aliphatic carbocycles. The van der Waals surface area contributed by atoms with Crippen molar-refractivity contribution in [2.45, 2.75) is 25.4 Å². The second-order valence-corrected chi connectivity index (χ2v) is 5.72. The van der Waals surface area contributed by atoms with Crippen molar-refractivity contribution in [1.29, 1.82) is 0 Å². The predicted octanol–water partition coefficient (Wildman–Crippen LogP) is 2.60. The number of benzene rings is 1. The Morgan fingerprint density at radius 1 is 1.17 bits per heavy atom. The largest absolute Gasteiger partial charge is 0.493 e. The summed E-state index contributed by atoms with van der Waals surface area (Å²) in [5.41, 5.74) is 1.47. The number of rotatable bonds is 7. The SMILES string of the molecule is COc1ccc(CNC(=O)c2ccc(NC3CC3)nc2)cc1OC. The van der Waals surface area contributed by atoms with E-state index < -0.39 is 0 Å². The van der Waals surface area contributed by atoms with Gasteiger partial charge in [-0.05, 0) is 42.7 Å². The molecule has 24 heavy (non-hydrogen) atoms. The highest BCUT2D eigenvalue weighted by molar-refractivity contribution is 5.94. The Morgan fingerprint density at radius 3 is 2.58 bits per heavy atom. The van der Waals surface area contributed by atoms with Crippen molar-refractivity contribution >= 4 is 11.7 Å². The maximum Gasteiger partial charge on any atom is 0.253 e. The molecule has 6 nitrogen and oxygen atoms in total. The second-order valence-electron chi connectivity index (χ2n) is 5.72. The Bertz CT molecular complexity index is 712. The van der Waals surface area contributed by atoms with Crippen LogP contribution in [0, 0.1) is 0 Å². The van der Waals surface area contributed by atoms with E-state index in [1.54, 1.807) is 26.5 Å². The fourth-order valence-electron chi connectivity index (χ4n) is 2.33. The van der Waals surface area contributed by atoms with Gasteiger partial charge in [0.05, 0.1) is 19.8 Å². The van der Waals surface area contributed by atoms with Gasteiger partial charge in [-0.2, -0.15) is 0 Å². The molecule has 1 aromatic heterocycles. The number of nitrogens with one attached hydrogen (secondary N) is 2. The highest BCUT2D eigenvalue weighted by Gasteiger charge is 2.21. The fourth-order valence-corrected chi connectivity index (χ4v) is 2.33. The van der Waals surface area contributed by atoms with E-state index in [1.807, 2.05) is 24.3 Å². The Balaban J connectivity index is 1.58. The monoisotopic (exact) mass is 327 g/mol. The van der Waals surface area contributed by atoms with Gasteiger partial charge in [-0.3, -0.25) is 4.79 Å². The third kappa shape index (κ3) is 3.95. The summed E-state index contributed by atoms with van der Waals surface area (Å²) in [6, 6.07) is 9.72. The van der Waals surface area contributed by atoms with Crippen LogP contribution in [0.15, 0.2) is 36.5 Å². The number of hydrogen-bond acceptors (Lipinski definition) is 5. The molecule has 0 aliphatic heterocycles. The number of carbonyl (C=O) groups excluding carboxylic acids is 1. The van der Waals surface area contributed by atoms with Gasteiger partial charge in [0.15, 0.2) is 11.5 Å². The maximum absolute atomic E-state index is 12.2. The van der Waals surface area contributed by atoms with Crippen molar-refractivity contribution in [2.75, 3.05) is 19.5 Å². The minimum absolute atomic E-state index is 0.157. The molecule has 0 radical (unpaired) electrons. The smallest absolute Gasteiger partial charge is 0.253 e. The van der Waals surface area contributed by atoms with Crippen molar-refractivity contribution in [1.82, 2.24) is 10.3 Å². The molecule has 1 heterocycles. The molecule has 2 aromatic rings. The molecule has 126 valence electrons. The van der Waals surface area contributed by atoms with Crippen molar-refractivity contribution in [3.63, 3.8) is 0 Å². The lowest BCUT2D eigenvalue weighted by atomic mass is 10.2. The first kappa shape index (κ1) is 16.1. The normalized spacial score (nSPS) is 13.2. The van der Waals surface area contributed by atoms with Crippen molar-refractivity contribution < 1.29 is 14.3 Å². The van der Waals surface area contributed by atoms with Gasteiger partial charge in [0.2, 0.25) is 0 Å². The van der Waals surface area contributed by atoms with Crippen LogP contribution in [0.1, 0.15) is 28.8 Å². The number of carbonyl (C=O) groups is 1. The summed E-state index contributed by atoms with van der Waals surface area (Å²) in [5, 5.41) is 6.18. The van der Waals surface area contributed by atoms with E-state index in [0.29, 0.717) is 29.6 Å². The minimum atomic E-state index is -0.157. The number of nitrogens with zero attached hydrogens (tertiary/aromatic N) is 1. The highest BCUT2D eigenvalue weighted by atomic mass is 16.5. The van der Waals surface area contributed by atoms with Crippen LogP contribution in [0.2, 0.25) is 0 Å². The van der Waals surface area contributed by atoms with E-state index in [-0.39, 0.29) is 5.91 Å². The number of amides is 1.